The zero-order chi connectivity index (χ0) is 14.9. The lowest BCUT2D eigenvalue weighted by Gasteiger charge is -2.30. The molecule has 2 aliphatic carbocycles. The highest BCUT2D eigenvalue weighted by atomic mass is 32.2. The number of hydrogen-bond acceptors (Lipinski definition) is 7. The predicted octanol–water partition coefficient (Wildman–Crippen LogP) is 1.03. The number of nitrogens with one attached hydrogen (secondary N) is 1. The first-order chi connectivity index (χ1) is 10.2. The second kappa shape index (κ2) is 5.92. The van der Waals surface area contributed by atoms with Crippen LogP contribution in [0.1, 0.15) is 38.6 Å². The SMILES string of the molecule is CCOC(=O)C(CSc1nnnn1C1CC1)(NC)C1CC1. The Kier molecular flexibility index (Phi) is 4.17. The number of rotatable bonds is 8. The minimum absolute atomic E-state index is 0.159. The molecule has 0 aliphatic heterocycles. The Balaban J connectivity index is 1.72. The van der Waals surface area contributed by atoms with Crippen LogP contribution in [0.5, 0.6) is 0 Å². The summed E-state index contributed by atoms with van der Waals surface area (Å²) in [4.78, 5) is 12.4. The van der Waals surface area contributed by atoms with Crippen molar-refractivity contribution in [3.63, 3.8) is 0 Å². The number of aromatic nitrogens is 4. The molecule has 1 aromatic rings. The van der Waals surface area contributed by atoms with Crippen molar-refractivity contribution in [1.29, 1.82) is 0 Å². The average Bonchev–Trinajstić information content (AvgIpc) is 3.40. The van der Waals surface area contributed by atoms with Gasteiger partial charge in [0.2, 0.25) is 5.16 Å². The van der Waals surface area contributed by atoms with Gasteiger partial charge in [-0.2, -0.15) is 0 Å². The van der Waals surface area contributed by atoms with E-state index in [4.69, 9.17) is 4.74 Å². The molecule has 116 valence electrons. The van der Waals surface area contributed by atoms with E-state index in [0.717, 1.165) is 30.8 Å². The smallest absolute Gasteiger partial charge is 0.327 e. The molecule has 21 heavy (non-hydrogen) atoms. The number of carbonyl (C=O) groups is 1. The van der Waals surface area contributed by atoms with Gasteiger partial charge < -0.3 is 10.1 Å². The lowest BCUT2D eigenvalue weighted by molar-refractivity contribution is -0.150. The van der Waals surface area contributed by atoms with E-state index in [-0.39, 0.29) is 5.97 Å². The van der Waals surface area contributed by atoms with Gasteiger partial charge in [0.1, 0.15) is 5.54 Å². The van der Waals surface area contributed by atoms with Gasteiger partial charge in [-0.1, -0.05) is 11.8 Å². The maximum absolute atomic E-state index is 12.4. The van der Waals surface area contributed by atoms with E-state index in [1.54, 1.807) is 0 Å². The molecule has 0 saturated heterocycles. The Morgan fingerprint density at radius 3 is 2.81 bits per heavy atom. The number of tetrazole rings is 1. The Labute approximate surface area is 128 Å². The number of carbonyl (C=O) groups excluding carboxylic acids is 1. The minimum atomic E-state index is -0.624. The summed E-state index contributed by atoms with van der Waals surface area (Å²) < 4.78 is 7.16. The molecule has 1 atom stereocenters. The van der Waals surface area contributed by atoms with E-state index in [1.807, 2.05) is 18.7 Å². The summed E-state index contributed by atoms with van der Waals surface area (Å²) >= 11 is 1.54. The molecule has 0 amide bonds. The van der Waals surface area contributed by atoms with Crippen LogP contribution in [-0.4, -0.2) is 51.1 Å². The second-order valence-corrected chi connectivity index (χ2v) is 6.58. The van der Waals surface area contributed by atoms with Crippen LogP contribution in [0.2, 0.25) is 0 Å². The monoisotopic (exact) mass is 311 g/mol. The van der Waals surface area contributed by atoms with Crippen molar-refractivity contribution in [2.75, 3.05) is 19.4 Å². The van der Waals surface area contributed by atoms with E-state index >= 15 is 0 Å². The number of ether oxygens (including phenoxy) is 1. The molecule has 3 rings (SSSR count). The van der Waals surface area contributed by atoms with Gasteiger partial charge in [0.15, 0.2) is 0 Å². The highest BCUT2D eigenvalue weighted by molar-refractivity contribution is 7.99. The third-order valence-electron chi connectivity index (χ3n) is 4.14. The summed E-state index contributed by atoms with van der Waals surface area (Å²) in [6.45, 7) is 2.24. The topological polar surface area (TPSA) is 81.9 Å². The summed E-state index contributed by atoms with van der Waals surface area (Å²) in [6.07, 6.45) is 4.40. The lowest BCUT2D eigenvalue weighted by Crippen LogP contribution is -2.55. The summed E-state index contributed by atoms with van der Waals surface area (Å²) in [6, 6.07) is 0.440. The molecule has 7 nitrogen and oxygen atoms in total. The summed E-state index contributed by atoms with van der Waals surface area (Å²) in [5.74, 6) is 0.785. The van der Waals surface area contributed by atoms with Gasteiger partial charge in [0, 0.05) is 5.75 Å². The largest absolute Gasteiger partial charge is 0.465 e. The molecular formula is C13H21N5O2S. The molecule has 0 bridgehead atoms. The van der Waals surface area contributed by atoms with E-state index in [2.05, 4.69) is 20.8 Å². The molecule has 0 aromatic carbocycles. The van der Waals surface area contributed by atoms with Crippen LogP contribution in [0.15, 0.2) is 5.16 Å². The van der Waals surface area contributed by atoms with Crippen molar-refractivity contribution in [3.8, 4) is 0 Å². The Morgan fingerprint density at radius 1 is 1.48 bits per heavy atom. The molecule has 1 aromatic heterocycles. The van der Waals surface area contributed by atoms with Crippen molar-refractivity contribution >= 4 is 17.7 Å². The Morgan fingerprint density at radius 2 is 2.24 bits per heavy atom. The minimum Gasteiger partial charge on any atom is -0.465 e. The van der Waals surface area contributed by atoms with Crippen LogP contribution < -0.4 is 5.32 Å². The number of thioether (sulfide) groups is 1. The molecule has 8 heteroatoms. The van der Waals surface area contributed by atoms with Gasteiger partial charge in [-0.15, -0.1) is 5.10 Å². The van der Waals surface area contributed by atoms with Crippen molar-refractivity contribution < 1.29 is 9.53 Å². The summed E-state index contributed by atoms with van der Waals surface area (Å²) in [5.41, 5.74) is -0.624. The van der Waals surface area contributed by atoms with E-state index in [0.29, 0.717) is 24.3 Å². The molecule has 1 unspecified atom stereocenters. The average molecular weight is 311 g/mol. The number of likely N-dealkylation sites (N-methyl/N-ethyl adjacent to an activating group) is 1. The molecule has 2 saturated carbocycles. The maximum Gasteiger partial charge on any atom is 0.327 e. The van der Waals surface area contributed by atoms with Crippen LogP contribution in [0.25, 0.3) is 0 Å². The number of nitrogens with zero attached hydrogens (tertiary/aromatic N) is 4. The fraction of sp³-hybridized carbons (Fsp3) is 0.846. The fourth-order valence-corrected chi connectivity index (χ4v) is 3.83. The first-order valence-electron chi connectivity index (χ1n) is 7.48. The third-order valence-corrected chi connectivity index (χ3v) is 5.27. The molecule has 2 fully saturated rings. The van der Waals surface area contributed by atoms with Crippen molar-refractivity contribution in [2.45, 2.75) is 49.3 Å². The summed E-state index contributed by atoms with van der Waals surface area (Å²) in [7, 11) is 1.83. The van der Waals surface area contributed by atoms with Gasteiger partial charge >= 0.3 is 5.97 Å². The third kappa shape index (κ3) is 2.91. The molecular weight excluding hydrogens is 290 g/mol. The van der Waals surface area contributed by atoms with Crippen LogP contribution in [-0.2, 0) is 9.53 Å². The molecule has 1 N–H and O–H groups in total. The van der Waals surface area contributed by atoms with Crippen molar-refractivity contribution in [3.05, 3.63) is 0 Å². The fourth-order valence-electron chi connectivity index (χ4n) is 2.56. The Bertz CT molecular complexity index is 514. The van der Waals surface area contributed by atoms with Crippen LogP contribution in [0.3, 0.4) is 0 Å². The first-order valence-corrected chi connectivity index (χ1v) is 8.46. The number of hydrogen-bond donors (Lipinski definition) is 1. The molecule has 2 aliphatic rings. The molecule has 0 radical (unpaired) electrons. The Hall–Kier alpha value is -1.15. The first kappa shape index (κ1) is 14.8. The highest BCUT2D eigenvalue weighted by Gasteiger charge is 2.51. The van der Waals surface area contributed by atoms with Crippen LogP contribution in [0, 0.1) is 5.92 Å². The van der Waals surface area contributed by atoms with Gasteiger partial charge in [0.25, 0.3) is 0 Å². The maximum atomic E-state index is 12.4. The highest BCUT2D eigenvalue weighted by Crippen LogP contribution is 2.43. The zero-order valence-electron chi connectivity index (χ0n) is 12.4. The van der Waals surface area contributed by atoms with Crippen molar-refractivity contribution in [2.24, 2.45) is 5.92 Å². The molecule has 1 heterocycles. The lowest BCUT2D eigenvalue weighted by atomic mass is 9.96. The van der Waals surface area contributed by atoms with Crippen LogP contribution in [0.4, 0.5) is 0 Å². The standard InChI is InChI=1S/C13H21N5O2S/c1-3-20-11(19)13(14-2,9-4-5-9)8-21-12-15-16-17-18(12)10-6-7-10/h9-10,14H,3-8H2,1-2H3. The van der Waals surface area contributed by atoms with Crippen molar-refractivity contribution in [1.82, 2.24) is 25.5 Å². The number of esters is 1. The summed E-state index contributed by atoms with van der Waals surface area (Å²) in [5, 5.41) is 15.9. The van der Waals surface area contributed by atoms with Gasteiger partial charge in [-0.05, 0) is 56.0 Å². The van der Waals surface area contributed by atoms with Crippen LogP contribution >= 0.6 is 11.8 Å². The van der Waals surface area contributed by atoms with E-state index in [9.17, 15) is 4.79 Å². The zero-order valence-corrected chi connectivity index (χ0v) is 13.2. The normalized spacial score (nSPS) is 21.0. The van der Waals surface area contributed by atoms with Gasteiger partial charge in [-0.3, -0.25) is 4.79 Å². The predicted molar refractivity (Wildman–Crippen MR) is 78.0 cm³/mol. The van der Waals surface area contributed by atoms with Gasteiger partial charge in [-0.25, -0.2) is 4.68 Å². The van der Waals surface area contributed by atoms with Gasteiger partial charge in [0.05, 0.1) is 12.6 Å². The molecule has 0 spiro atoms. The van der Waals surface area contributed by atoms with E-state index in [1.165, 1.54) is 11.8 Å². The quantitative estimate of drug-likeness (QED) is 0.567. The van der Waals surface area contributed by atoms with E-state index < -0.39 is 5.54 Å². The second-order valence-electron chi connectivity index (χ2n) is 5.64.